The number of fused-ring (bicyclic) bond motifs is 1. The second-order valence-corrected chi connectivity index (χ2v) is 7.26. The third-order valence-electron chi connectivity index (χ3n) is 5.15. The van der Waals surface area contributed by atoms with E-state index in [1.54, 1.807) is 7.11 Å². The van der Waals surface area contributed by atoms with Crippen molar-refractivity contribution >= 4 is 0 Å². The highest BCUT2D eigenvalue weighted by Crippen LogP contribution is 2.53. The van der Waals surface area contributed by atoms with Gasteiger partial charge in [-0.1, -0.05) is 39.0 Å². The van der Waals surface area contributed by atoms with Crippen LogP contribution in [-0.2, 0) is 10.8 Å². The quantitative estimate of drug-likeness (QED) is 0.784. The van der Waals surface area contributed by atoms with E-state index in [1.165, 1.54) is 16.7 Å². The summed E-state index contributed by atoms with van der Waals surface area (Å²) in [5.41, 5.74) is 4.30. The third kappa shape index (κ3) is 2.60. The van der Waals surface area contributed by atoms with Gasteiger partial charge >= 0.3 is 0 Å². The van der Waals surface area contributed by atoms with Gasteiger partial charge in [0, 0.05) is 5.41 Å². The fourth-order valence-electron chi connectivity index (χ4n) is 4.11. The van der Waals surface area contributed by atoms with Crippen molar-refractivity contribution in [3.05, 3.63) is 59.2 Å². The molecule has 2 nitrogen and oxygen atoms in total. The smallest absolute Gasteiger partial charge is 0.119 e. The van der Waals surface area contributed by atoms with Gasteiger partial charge in [-0.15, -0.1) is 0 Å². The first kappa shape index (κ1) is 15.9. The van der Waals surface area contributed by atoms with Gasteiger partial charge in [-0.3, -0.25) is 0 Å². The van der Waals surface area contributed by atoms with E-state index in [9.17, 15) is 0 Å². The van der Waals surface area contributed by atoms with Crippen LogP contribution in [0.5, 0.6) is 11.5 Å². The minimum absolute atomic E-state index is 0.00187. The highest BCUT2D eigenvalue weighted by molar-refractivity contribution is 5.54. The summed E-state index contributed by atoms with van der Waals surface area (Å²) in [7, 11) is 1.73. The van der Waals surface area contributed by atoms with Crippen LogP contribution in [0.15, 0.2) is 42.5 Å². The zero-order chi connectivity index (χ0) is 16.7. The van der Waals surface area contributed by atoms with Crippen molar-refractivity contribution in [1.82, 2.24) is 0 Å². The molecule has 0 fully saturated rings. The van der Waals surface area contributed by atoms with Gasteiger partial charge < -0.3 is 9.47 Å². The van der Waals surface area contributed by atoms with Crippen LogP contribution in [0.3, 0.4) is 0 Å². The van der Waals surface area contributed by atoms with E-state index >= 15 is 0 Å². The van der Waals surface area contributed by atoms with Crippen molar-refractivity contribution in [2.24, 2.45) is 0 Å². The molecule has 2 aromatic carbocycles. The predicted molar refractivity (Wildman–Crippen MR) is 94.7 cm³/mol. The molecule has 0 amide bonds. The van der Waals surface area contributed by atoms with Crippen LogP contribution < -0.4 is 9.47 Å². The van der Waals surface area contributed by atoms with Gasteiger partial charge in [-0.2, -0.15) is 0 Å². The molecule has 0 aliphatic heterocycles. The summed E-state index contributed by atoms with van der Waals surface area (Å²) >= 11 is 0. The summed E-state index contributed by atoms with van der Waals surface area (Å²) in [6.45, 7) is 9.72. The van der Waals surface area contributed by atoms with Gasteiger partial charge in [-0.25, -0.2) is 0 Å². The monoisotopic (exact) mass is 310 g/mol. The van der Waals surface area contributed by atoms with E-state index in [-0.39, 0.29) is 10.8 Å². The topological polar surface area (TPSA) is 18.5 Å². The lowest BCUT2D eigenvalue weighted by Crippen LogP contribution is -2.23. The summed E-state index contributed by atoms with van der Waals surface area (Å²) in [6.07, 6.45) is 1.09. The molecule has 23 heavy (non-hydrogen) atoms. The normalized spacial score (nSPS) is 21.8. The maximum Gasteiger partial charge on any atom is 0.119 e. The maximum atomic E-state index is 5.58. The zero-order valence-corrected chi connectivity index (χ0v) is 14.8. The largest absolute Gasteiger partial charge is 0.497 e. The number of methoxy groups -OCH3 is 1. The van der Waals surface area contributed by atoms with Gasteiger partial charge in [0.05, 0.1) is 13.7 Å². The molecule has 0 spiro atoms. The van der Waals surface area contributed by atoms with Crippen LogP contribution in [0.1, 0.15) is 50.8 Å². The molecule has 1 unspecified atom stereocenters. The Morgan fingerprint density at radius 1 is 0.913 bits per heavy atom. The van der Waals surface area contributed by atoms with Crippen molar-refractivity contribution in [1.29, 1.82) is 0 Å². The van der Waals surface area contributed by atoms with Crippen molar-refractivity contribution in [3.63, 3.8) is 0 Å². The fraction of sp³-hybridized carbons (Fsp3) is 0.429. The predicted octanol–water partition coefficient (Wildman–Crippen LogP) is 5.08. The molecule has 0 aromatic heterocycles. The molecular weight excluding hydrogens is 284 g/mol. The SMILES string of the molecule is CCOc1ccc(C2(C)CC(C)(C)c3ccc(OC)cc32)cc1. The molecule has 0 bridgehead atoms. The summed E-state index contributed by atoms with van der Waals surface area (Å²) < 4.78 is 11.1. The fourth-order valence-corrected chi connectivity index (χ4v) is 4.11. The molecule has 1 aliphatic rings. The Labute approximate surface area is 139 Å². The van der Waals surface area contributed by atoms with Gasteiger partial charge in [0.25, 0.3) is 0 Å². The molecule has 0 radical (unpaired) electrons. The standard InChI is InChI=1S/C21H26O2/c1-6-23-16-9-7-15(8-10-16)21(4)14-20(2,3)18-12-11-17(22-5)13-19(18)21/h7-13H,6,14H2,1-5H3. The first-order valence-corrected chi connectivity index (χ1v) is 8.33. The van der Waals surface area contributed by atoms with E-state index in [2.05, 4.69) is 63.2 Å². The minimum atomic E-state index is -0.00187. The Hall–Kier alpha value is -1.96. The van der Waals surface area contributed by atoms with Crippen LogP contribution >= 0.6 is 0 Å². The van der Waals surface area contributed by atoms with Crippen LogP contribution in [0.25, 0.3) is 0 Å². The van der Waals surface area contributed by atoms with Crippen molar-refractivity contribution in [2.75, 3.05) is 13.7 Å². The van der Waals surface area contributed by atoms with E-state index < -0.39 is 0 Å². The molecule has 3 rings (SSSR count). The lowest BCUT2D eigenvalue weighted by molar-refractivity contribution is 0.340. The summed E-state index contributed by atoms with van der Waals surface area (Å²) in [5, 5.41) is 0. The van der Waals surface area contributed by atoms with Crippen molar-refractivity contribution in [3.8, 4) is 11.5 Å². The highest BCUT2D eigenvalue weighted by atomic mass is 16.5. The molecule has 0 saturated heterocycles. The summed E-state index contributed by atoms with van der Waals surface area (Å²) in [4.78, 5) is 0. The average Bonchev–Trinajstić information content (AvgIpc) is 2.75. The molecule has 2 aromatic rings. The summed E-state index contributed by atoms with van der Waals surface area (Å²) in [6, 6.07) is 15.1. The van der Waals surface area contributed by atoms with Crippen LogP contribution in [0.2, 0.25) is 0 Å². The van der Waals surface area contributed by atoms with Crippen molar-refractivity contribution in [2.45, 2.75) is 44.9 Å². The number of ether oxygens (including phenoxy) is 2. The Balaban J connectivity index is 2.09. The molecule has 0 N–H and O–H groups in total. The van der Waals surface area contributed by atoms with Gasteiger partial charge in [0.1, 0.15) is 11.5 Å². The van der Waals surface area contributed by atoms with Crippen molar-refractivity contribution < 1.29 is 9.47 Å². The Kier molecular flexibility index (Phi) is 3.87. The Morgan fingerprint density at radius 2 is 1.57 bits per heavy atom. The number of benzene rings is 2. The molecule has 0 heterocycles. The zero-order valence-electron chi connectivity index (χ0n) is 14.8. The highest BCUT2D eigenvalue weighted by Gasteiger charge is 2.45. The van der Waals surface area contributed by atoms with Gasteiger partial charge in [-0.05, 0) is 59.7 Å². The second kappa shape index (κ2) is 5.59. The van der Waals surface area contributed by atoms with E-state index in [1.807, 2.05) is 6.92 Å². The summed E-state index contributed by atoms with van der Waals surface area (Å²) in [5.74, 6) is 1.86. The Morgan fingerprint density at radius 3 is 2.17 bits per heavy atom. The Bertz CT molecular complexity index is 700. The van der Waals surface area contributed by atoms with Crippen LogP contribution in [0.4, 0.5) is 0 Å². The second-order valence-electron chi connectivity index (χ2n) is 7.26. The molecule has 1 atom stereocenters. The van der Waals surface area contributed by atoms with Gasteiger partial charge in [0.2, 0.25) is 0 Å². The van der Waals surface area contributed by atoms with Gasteiger partial charge in [0.15, 0.2) is 0 Å². The number of hydrogen-bond donors (Lipinski definition) is 0. The van der Waals surface area contributed by atoms with E-state index in [0.29, 0.717) is 6.61 Å². The molecule has 2 heteroatoms. The maximum absolute atomic E-state index is 5.58. The van der Waals surface area contributed by atoms with Crippen LogP contribution in [0, 0.1) is 0 Å². The van der Waals surface area contributed by atoms with E-state index in [0.717, 1.165) is 17.9 Å². The van der Waals surface area contributed by atoms with Crippen LogP contribution in [-0.4, -0.2) is 13.7 Å². The average molecular weight is 310 g/mol. The minimum Gasteiger partial charge on any atom is -0.497 e. The van der Waals surface area contributed by atoms with E-state index in [4.69, 9.17) is 9.47 Å². The first-order chi connectivity index (χ1) is 10.9. The third-order valence-corrected chi connectivity index (χ3v) is 5.15. The lowest BCUT2D eigenvalue weighted by Gasteiger charge is -2.28. The molecular formula is C21H26O2. The lowest BCUT2D eigenvalue weighted by atomic mass is 9.75. The first-order valence-electron chi connectivity index (χ1n) is 8.33. The number of rotatable bonds is 4. The molecule has 0 saturated carbocycles. The molecule has 1 aliphatic carbocycles. The molecule has 122 valence electrons. The number of hydrogen-bond acceptors (Lipinski definition) is 2.